The Kier molecular flexibility index (Phi) is 6.10. The number of imidazole rings is 1. The molecule has 2 N–H and O–H groups in total. The first-order chi connectivity index (χ1) is 14.1. The van der Waals surface area contributed by atoms with Crippen molar-refractivity contribution in [2.45, 2.75) is 26.8 Å². The van der Waals surface area contributed by atoms with Gasteiger partial charge in [-0.2, -0.15) is 0 Å². The number of benzene rings is 1. The molecule has 2 aliphatic heterocycles. The monoisotopic (exact) mass is 398 g/mol. The van der Waals surface area contributed by atoms with E-state index in [1.807, 2.05) is 12.1 Å². The number of amidine groups is 1. The second kappa shape index (κ2) is 8.92. The van der Waals surface area contributed by atoms with Crippen molar-refractivity contribution in [3.8, 4) is 5.75 Å². The van der Waals surface area contributed by atoms with Crippen LogP contribution in [0.5, 0.6) is 5.75 Å². The molecule has 1 fully saturated rings. The summed E-state index contributed by atoms with van der Waals surface area (Å²) in [5.41, 5.74) is 8.69. The number of nitrogens with two attached hydrogens (primary N) is 1. The molecule has 0 radical (unpaired) electrons. The van der Waals surface area contributed by atoms with Crippen LogP contribution < -0.4 is 10.5 Å². The predicted molar refractivity (Wildman–Crippen MR) is 115 cm³/mol. The molecule has 8 nitrogen and oxygen atoms in total. The number of ether oxygens (including phenoxy) is 2. The smallest absolute Gasteiger partial charge is 0.163 e. The minimum Gasteiger partial charge on any atom is -0.493 e. The van der Waals surface area contributed by atoms with Gasteiger partial charge >= 0.3 is 0 Å². The molecule has 1 aromatic carbocycles. The van der Waals surface area contributed by atoms with Crippen LogP contribution in [0.3, 0.4) is 0 Å². The van der Waals surface area contributed by atoms with Gasteiger partial charge in [0.15, 0.2) is 5.82 Å². The molecule has 29 heavy (non-hydrogen) atoms. The van der Waals surface area contributed by atoms with E-state index in [0.29, 0.717) is 30.7 Å². The van der Waals surface area contributed by atoms with E-state index in [0.717, 1.165) is 68.4 Å². The third-order valence-corrected chi connectivity index (χ3v) is 5.18. The highest BCUT2D eigenvalue weighted by atomic mass is 16.5. The van der Waals surface area contributed by atoms with Crippen LogP contribution in [0.1, 0.15) is 26.1 Å². The first-order valence-corrected chi connectivity index (χ1v) is 10.4. The zero-order chi connectivity index (χ0) is 20.2. The zero-order valence-corrected chi connectivity index (χ0v) is 17.3. The fourth-order valence-electron chi connectivity index (χ4n) is 3.76. The van der Waals surface area contributed by atoms with Gasteiger partial charge in [0.05, 0.1) is 30.9 Å². The maximum absolute atomic E-state index is 6.03. The lowest BCUT2D eigenvalue weighted by atomic mass is 10.2. The molecule has 4 rings (SSSR count). The van der Waals surface area contributed by atoms with E-state index in [1.165, 1.54) is 0 Å². The van der Waals surface area contributed by atoms with Gasteiger partial charge in [0.2, 0.25) is 0 Å². The van der Waals surface area contributed by atoms with Crippen molar-refractivity contribution >= 4 is 22.6 Å². The summed E-state index contributed by atoms with van der Waals surface area (Å²) in [6, 6.07) is 6.11. The van der Waals surface area contributed by atoms with Crippen LogP contribution in [-0.2, 0) is 11.3 Å². The molecule has 0 spiro atoms. The minimum atomic E-state index is 0.379. The molecule has 0 bridgehead atoms. The van der Waals surface area contributed by atoms with E-state index >= 15 is 0 Å². The quantitative estimate of drug-likeness (QED) is 0.686. The van der Waals surface area contributed by atoms with Crippen molar-refractivity contribution in [2.75, 3.05) is 46.1 Å². The molecule has 2 aromatic rings. The summed E-state index contributed by atoms with van der Waals surface area (Å²) in [5.74, 6) is 2.57. The average molecular weight is 399 g/mol. The van der Waals surface area contributed by atoms with Gasteiger partial charge in [-0.25, -0.2) is 9.98 Å². The lowest BCUT2D eigenvalue weighted by molar-refractivity contribution is 0.0358. The Morgan fingerprint density at radius 3 is 2.76 bits per heavy atom. The molecule has 1 aromatic heterocycles. The Morgan fingerprint density at radius 2 is 2.03 bits per heavy atom. The van der Waals surface area contributed by atoms with Crippen LogP contribution in [0.25, 0.3) is 11.0 Å². The number of morpholine rings is 1. The molecule has 156 valence electrons. The van der Waals surface area contributed by atoms with Gasteiger partial charge in [0.25, 0.3) is 0 Å². The Labute approximate surface area is 171 Å². The van der Waals surface area contributed by atoms with Gasteiger partial charge in [0, 0.05) is 32.2 Å². The van der Waals surface area contributed by atoms with E-state index in [-0.39, 0.29) is 0 Å². The molecule has 0 atom stereocenters. The molecule has 8 heteroatoms. The van der Waals surface area contributed by atoms with Gasteiger partial charge in [-0.1, -0.05) is 13.8 Å². The summed E-state index contributed by atoms with van der Waals surface area (Å²) in [7, 11) is 0. The summed E-state index contributed by atoms with van der Waals surface area (Å²) in [5, 5.41) is 0. The maximum Gasteiger partial charge on any atom is 0.163 e. The Morgan fingerprint density at radius 1 is 1.21 bits per heavy atom. The van der Waals surface area contributed by atoms with Crippen molar-refractivity contribution in [1.82, 2.24) is 14.5 Å². The molecule has 0 saturated carbocycles. The first kappa shape index (κ1) is 19.8. The maximum atomic E-state index is 6.03. The minimum absolute atomic E-state index is 0.379. The molecule has 1 saturated heterocycles. The van der Waals surface area contributed by atoms with Gasteiger partial charge in [-0.05, 0) is 24.5 Å². The third kappa shape index (κ3) is 4.59. The number of fused-ring (bicyclic) bond motifs is 1. The van der Waals surface area contributed by atoms with E-state index in [9.17, 15) is 0 Å². The van der Waals surface area contributed by atoms with Gasteiger partial charge in [-0.15, -0.1) is 0 Å². The van der Waals surface area contributed by atoms with Crippen LogP contribution in [0.2, 0.25) is 0 Å². The fraction of sp³-hybridized carbons (Fsp3) is 0.571. The topological polar surface area (TPSA) is 90.3 Å². The number of hydrogen-bond acceptors (Lipinski definition) is 7. The second-order valence-electron chi connectivity index (χ2n) is 7.94. The summed E-state index contributed by atoms with van der Waals surface area (Å²) < 4.78 is 13.6. The van der Waals surface area contributed by atoms with Crippen molar-refractivity contribution in [3.05, 3.63) is 24.0 Å². The van der Waals surface area contributed by atoms with E-state index in [2.05, 4.69) is 39.4 Å². The fourth-order valence-corrected chi connectivity index (χ4v) is 3.76. The molecular formula is C21H30N6O2. The summed E-state index contributed by atoms with van der Waals surface area (Å²) in [6.07, 6.45) is 0.995. The predicted octanol–water partition coefficient (Wildman–Crippen LogP) is 1.91. The lowest BCUT2D eigenvalue weighted by Gasteiger charge is -2.26. The van der Waals surface area contributed by atoms with Crippen LogP contribution >= 0.6 is 0 Å². The van der Waals surface area contributed by atoms with E-state index < -0.39 is 0 Å². The summed E-state index contributed by atoms with van der Waals surface area (Å²) in [6.45, 7) is 11.0. The third-order valence-electron chi connectivity index (χ3n) is 5.18. The van der Waals surface area contributed by atoms with Crippen LogP contribution in [-0.4, -0.2) is 72.1 Å². The molecule has 0 aliphatic carbocycles. The van der Waals surface area contributed by atoms with Crippen LogP contribution in [0.4, 0.5) is 0 Å². The summed E-state index contributed by atoms with van der Waals surface area (Å²) >= 11 is 0. The normalized spacial score (nSPS) is 17.8. The highest BCUT2D eigenvalue weighted by Gasteiger charge is 2.22. The van der Waals surface area contributed by atoms with Crippen LogP contribution in [0.15, 0.2) is 28.2 Å². The highest BCUT2D eigenvalue weighted by molar-refractivity contribution is 6.47. The Hall–Kier alpha value is -2.45. The van der Waals surface area contributed by atoms with Crippen molar-refractivity contribution in [2.24, 2.45) is 21.6 Å². The standard InChI is InChI=1S/C21H30N6O2/c1-15(2)13-27-18-5-4-16(29-9-3-6-26-7-10-28-11-8-26)12-17(18)25-21(27)19-20(22)24-14-23-19/h4-5,12,15H,3,6-11,13-14H2,1-2H3,(H2,22,24). The molecule has 0 unspecified atom stereocenters. The second-order valence-corrected chi connectivity index (χ2v) is 7.94. The molecule has 3 heterocycles. The molecule has 2 aliphatic rings. The number of aliphatic imine (C=N–C) groups is 2. The number of aromatic nitrogens is 2. The number of hydrogen-bond donors (Lipinski definition) is 1. The van der Waals surface area contributed by atoms with Gasteiger partial charge in [-0.3, -0.25) is 9.89 Å². The lowest BCUT2D eigenvalue weighted by Crippen LogP contribution is -2.37. The van der Waals surface area contributed by atoms with E-state index in [4.69, 9.17) is 20.2 Å². The highest BCUT2D eigenvalue weighted by Crippen LogP contribution is 2.24. The van der Waals surface area contributed by atoms with Gasteiger partial charge in [0.1, 0.15) is 24.0 Å². The van der Waals surface area contributed by atoms with Crippen molar-refractivity contribution in [1.29, 1.82) is 0 Å². The molecule has 0 amide bonds. The first-order valence-electron chi connectivity index (χ1n) is 10.4. The largest absolute Gasteiger partial charge is 0.493 e. The SMILES string of the molecule is CC(C)Cn1c(C2=NCN=C2N)nc2cc(OCCCN3CCOCC3)ccc21. The average Bonchev–Trinajstić information content (AvgIpc) is 3.29. The number of nitrogens with zero attached hydrogens (tertiary/aromatic N) is 5. The van der Waals surface area contributed by atoms with Gasteiger partial charge < -0.3 is 19.8 Å². The van der Waals surface area contributed by atoms with E-state index in [1.54, 1.807) is 0 Å². The Balaban J connectivity index is 1.47. The van der Waals surface area contributed by atoms with Crippen molar-refractivity contribution < 1.29 is 9.47 Å². The molecular weight excluding hydrogens is 368 g/mol. The summed E-state index contributed by atoms with van der Waals surface area (Å²) in [4.78, 5) is 15.9. The Bertz CT molecular complexity index is 911. The van der Waals surface area contributed by atoms with Crippen molar-refractivity contribution in [3.63, 3.8) is 0 Å². The number of rotatable bonds is 8. The zero-order valence-electron chi connectivity index (χ0n) is 17.3. The van der Waals surface area contributed by atoms with Crippen LogP contribution in [0, 0.1) is 5.92 Å².